The average molecular weight is 278 g/mol. The number of ether oxygens (including phenoxy) is 2. The van der Waals surface area contributed by atoms with Gasteiger partial charge in [-0.05, 0) is 19.1 Å². The maximum Gasteiger partial charge on any atom is 0.261 e. The molecular weight excluding hydrogens is 260 g/mol. The first-order valence-electron chi connectivity index (χ1n) is 5.26. The largest absolute Gasteiger partial charge is 0.490 e. The van der Waals surface area contributed by atoms with Gasteiger partial charge in [0.15, 0.2) is 11.5 Å². The normalized spacial score (nSPS) is 10.2. The average Bonchev–Trinajstić information content (AvgIpc) is 2.26. The van der Waals surface area contributed by atoms with Gasteiger partial charge in [0.1, 0.15) is 6.61 Å². The molecule has 6 nitrogen and oxygen atoms in total. The van der Waals surface area contributed by atoms with Crippen molar-refractivity contribution in [2.24, 2.45) is 0 Å². The zero-order chi connectivity index (χ0) is 14.0. The number of aliphatic hydroxyl groups excluding tert-OH is 1. The van der Waals surface area contributed by atoms with Crippen LogP contribution in [0.15, 0.2) is 24.3 Å². The monoisotopic (exact) mass is 278 g/mol. The minimum atomic E-state index is -3.67. The highest BCUT2D eigenvalue weighted by Crippen LogP contribution is 2.25. The van der Waals surface area contributed by atoms with Gasteiger partial charge in [-0.25, -0.2) is 0 Å². The molecule has 0 saturated carbocycles. The van der Waals surface area contributed by atoms with Gasteiger partial charge in [-0.2, -0.15) is 8.42 Å². The molecule has 0 heterocycles. The Labute approximate surface area is 107 Å². The Bertz CT molecular complexity index is 421. The van der Waals surface area contributed by atoms with Gasteiger partial charge in [-0.15, -0.1) is 0 Å². The van der Waals surface area contributed by atoms with E-state index >= 15 is 0 Å². The zero-order valence-corrected chi connectivity index (χ0v) is 11.2. The molecule has 7 heteroatoms. The highest BCUT2D eigenvalue weighted by Gasteiger charge is 2.01. The van der Waals surface area contributed by atoms with E-state index < -0.39 is 10.1 Å². The Morgan fingerprint density at radius 1 is 1.17 bits per heavy atom. The Hall–Kier alpha value is -1.31. The zero-order valence-electron chi connectivity index (χ0n) is 10.4. The molecule has 0 aliphatic heterocycles. The van der Waals surface area contributed by atoms with Crippen LogP contribution in [0.2, 0.25) is 0 Å². The lowest BCUT2D eigenvalue weighted by atomic mass is 10.3. The third-order valence-corrected chi connectivity index (χ3v) is 1.50. The minimum absolute atomic E-state index is 0.0143. The second-order valence-electron chi connectivity index (χ2n) is 3.18. The summed E-state index contributed by atoms with van der Waals surface area (Å²) in [5, 5.41) is 8.58. The van der Waals surface area contributed by atoms with Crippen molar-refractivity contribution in [3.05, 3.63) is 24.3 Å². The first kappa shape index (κ1) is 16.7. The van der Waals surface area contributed by atoms with Crippen LogP contribution in [0.4, 0.5) is 0 Å². The fraction of sp³-hybridized carbons (Fsp3) is 0.455. The van der Waals surface area contributed by atoms with Crippen LogP contribution in [0.3, 0.4) is 0 Å². The second-order valence-corrected chi connectivity index (χ2v) is 4.65. The van der Waals surface area contributed by atoms with E-state index in [4.69, 9.17) is 19.1 Å². The second kappa shape index (κ2) is 8.73. The topological polar surface area (TPSA) is 93.1 Å². The lowest BCUT2D eigenvalue weighted by Crippen LogP contribution is -2.03. The molecule has 1 aromatic rings. The van der Waals surface area contributed by atoms with Crippen molar-refractivity contribution in [3.8, 4) is 11.5 Å². The number of hydrogen-bond acceptors (Lipinski definition) is 5. The molecule has 0 radical (unpaired) electrons. The van der Waals surface area contributed by atoms with Crippen LogP contribution in [0.25, 0.3) is 0 Å². The standard InChI is InChI=1S/C10H14O3.CH4O3S/c1-2-12-9-5-3-4-6-10(9)13-8-7-11;1-5(2,3)4/h3-6,11H,2,7-8H2,1H3;1H3,(H,2,3,4). The predicted molar refractivity (Wildman–Crippen MR) is 67.7 cm³/mol. The molecule has 0 bridgehead atoms. The Morgan fingerprint density at radius 3 is 2.00 bits per heavy atom. The third kappa shape index (κ3) is 9.88. The summed E-state index contributed by atoms with van der Waals surface area (Å²) < 4.78 is 36.5. The van der Waals surface area contributed by atoms with Crippen molar-refractivity contribution in [1.29, 1.82) is 0 Å². The SMILES string of the molecule is CCOc1ccccc1OCCO.CS(=O)(=O)O. The van der Waals surface area contributed by atoms with E-state index in [-0.39, 0.29) is 6.61 Å². The van der Waals surface area contributed by atoms with E-state index in [1.54, 1.807) is 0 Å². The molecule has 0 aliphatic rings. The number of benzene rings is 1. The Kier molecular flexibility index (Phi) is 8.10. The van der Waals surface area contributed by atoms with E-state index in [0.29, 0.717) is 25.2 Å². The van der Waals surface area contributed by atoms with Gasteiger partial charge in [0, 0.05) is 0 Å². The summed E-state index contributed by atoms with van der Waals surface area (Å²) in [6, 6.07) is 7.42. The molecule has 1 aromatic carbocycles. The summed E-state index contributed by atoms with van der Waals surface area (Å²) in [7, 11) is -3.67. The van der Waals surface area contributed by atoms with E-state index in [1.807, 2.05) is 31.2 Å². The van der Waals surface area contributed by atoms with Crippen molar-refractivity contribution >= 4 is 10.1 Å². The molecule has 2 N–H and O–H groups in total. The van der Waals surface area contributed by atoms with Crippen LogP contribution in [-0.4, -0.2) is 44.2 Å². The van der Waals surface area contributed by atoms with Crippen molar-refractivity contribution < 1.29 is 27.6 Å². The van der Waals surface area contributed by atoms with E-state index in [9.17, 15) is 8.42 Å². The fourth-order valence-corrected chi connectivity index (χ4v) is 1.000. The molecule has 0 atom stereocenters. The molecule has 0 amide bonds. The van der Waals surface area contributed by atoms with Crippen LogP contribution >= 0.6 is 0 Å². The van der Waals surface area contributed by atoms with Gasteiger partial charge >= 0.3 is 0 Å². The maximum atomic E-state index is 9.19. The number of aliphatic hydroxyl groups is 1. The third-order valence-electron chi connectivity index (χ3n) is 1.50. The lowest BCUT2D eigenvalue weighted by molar-refractivity contribution is 0.194. The number of hydrogen-bond donors (Lipinski definition) is 2. The number of para-hydroxylation sites is 2. The highest BCUT2D eigenvalue weighted by atomic mass is 32.2. The van der Waals surface area contributed by atoms with Gasteiger partial charge in [0.25, 0.3) is 10.1 Å². The molecular formula is C11H18O6S. The van der Waals surface area contributed by atoms with E-state index in [2.05, 4.69) is 0 Å². The summed E-state index contributed by atoms with van der Waals surface area (Å²) in [5.41, 5.74) is 0. The van der Waals surface area contributed by atoms with Gasteiger partial charge in [-0.3, -0.25) is 4.55 Å². The molecule has 0 saturated heterocycles. The Balaban J connectivity index is 0.000000494. The van der Waals surface area contributed by atoms with Crippen LogP contribution in [0.5, 0.6) is 11.5 Å². The summed E-state index contributed by atoms with van der Waals surface area (Å²) in [6.07, 6.45) is 0.715. The van der Waals surface area contributed by atoms with Crippen molar-refractivity contribution in [2.45, 2.75) is 6.92 Å². The highest BCUT2D eigenvalue weighted by molar-refractivity contribution is 7.85. The van der Waals surface area contributed by atoms with E-state index in [1.165, 1.54) is 0 Å². The van der Waals surface area contributed by atoms with Crippen LogP contribution in [0, 0.1) is 0 Å². The number of rotatable bonds is 5. The van der Waals surface area contributed by atoms with E-state index in [0.717, 1.165) is 5.75 Å². The van der Waals surface area contributed by atoms with Gasteiger partial charge < -0.3 is 14.6 Å². The van der Waals surface area contributed by atoms with Crippen LogP contribution < -0.4 is 9.47 Å². The quantitative estimate of drug-likeness (QED) is 0.779. The van der Waals surface area contributed by atoms with Crippen molar-refractivity contribution in [2.75, 3.05) is 26.1 Å². The summed E-state index contributed by atoms with van der Waals surface area (Å²) in [4.78, 5) is 0. The fourth-order valence-electron chi connectivity index (χ4n) is 1.000. The first-order chi connectivity index (χ1) is 8.38. The lowest BCUT2D eigenvalue weighted by Gasteiger charge is -2.09. The molecule has 104 valence electrons. The maximum absolute atomic E-state index is 9.19. The summed E-state index contributed by atoms with van der Waals surface area (Å²) >= 11 is 0. The Morgan fingerprint density at radius 2 is 1.61 bits per heavy atom. The van der Waals surface area contributed by atoms with Gasteiger partial charge in [0.05, 0.1) is 19.5 Å². The molecule has 0 aliphatic carbocycles. The van der Waals surface area contributed by atoms with Crippen molar-refractivity contribution in [3.63, 3.8) is 0 Å². The van der Waals surface area contributed by atoms with Crippen molar-refractivity contribution in [1.82, 2.24) is 0 Å². The molecule has 0 fully saturated rings. The summed E-state index contributed by atoms with van der Waals surface area (Å²) in [5.74, 6) is 1.40. The van der Waals surface area contributed by atoms with Gasteiger partial charge in [-0.1, -0.05) is 12.1 Å². The molecule has 0 unspecified atom stereocenters. The smallest absolute Gasteiger partial charge is 0.261 e. The van der Waals surface area contributed by atoms with Gasteiger partial charge in [0.2, 0.25) is 0 Å². The summed E-state index contributed by atoms with van der Waals surface area (Å²) in [6.45, 7) is 2.84. The molecule has 18 heavy (non-hydrogen) atoms. The molecule has 0 spiro atoms. The van der Waals surface area contributed by atoms with Crippen LogP contribution in [0.1, 0.15) is 6.92 Å². The minimum Gasteiger partial charge on any atom is -0.490 e. The van der Waals surface area contributed by atoms with Crippen LogP contribution in [-0.2, 0) is 10.1 Å². The molecule has 1 rings (SSSR count). The molecule has 0 aromatic heterocycles. The first-order valence-corrected chi connectivity index (χ1v) is 7.11. The predicted octanol–water partition coefficient (Wildman–Crippen LogP) is 0.960.